The molecule has 0 aliphatic carbocycles. The highest BCUT2D eigenvalue weighted by atomic mass is 15.0. The van der Waals surface area contributed by atoms with Crippen molar-refractivity contribution in [1.29, 1.82) is 0 Å². The maximum atomic E-state index is 5.15. The lowest BCUT2D eigenvalue weighted by molar-refractivity contribution is 1.08. The third-order valence-corrected chi connectivity index (χ3v) is 10.5. The summed E-state index contributed by atoms with van der Waals surface area (Å²) in [5.74, 6) is 1.92. The molecule has 0 amide bonds. The van der Waals surface area contributed by atoms with Crippen LogP contribution < -0.4 is 0 Å². The number of nitrogens with zero attached hydrogens (tertiary/aromatic N) is 6. The molecular formula is C49H30N6. The molecular weight excluding hydrogens is 673 g/mol. The first kappa shape index (κ1) is 31.0. The average molecular weight is 703 g/mol. The molecule has 0 atom stereocenters. The molecule has 4 aromatic heterocycles. The third-order valence-electron chi connectivity index (χ3n) is 10.5. The van der Waals surface area contributed by atoms with Gasteiger partial charge in [0.1, 0.15) is 11.2 Å². The van der Waals surface area contributed by atoms with Crippen LogP contribution >= 0.6 is 0 Å². The summed E-state index contributed by atoms with van der Waals surface area (Å²) in [5.41, 5.74) is 10.8. The summed E-state index contributed by atoms with van der Waals surface area (Å²) in [7, 11) is 0. The van der Waals surface area contributed by atoms with Crippen molar-refractivity contribution in [2.75, 3.05) is 0 Å². The molecule has 7 aromatic carbocycles. The van der Waals surface area contributed by atoms with Gasteiger partial charge in [0.05, 0.1) is 16.7 Å². The van der Waals surface area contributed by atoms with E-state index < -0.39 is 0 Å². The molecule has 0 saturated carbocycles. The van der Waals surface area contributed by atoms with Gasteiger partial charge < -0.3 is 0 Å². The molecule has 4 heterocycles. The molecule has 0 aliphatic heterocycles. The van der Waals surface area contributed by atoms with Crippen LogP contribution in [0.4, 0.5) is 0 Å². The molecule has 0 spiro atoms. The van der Waals surface area contributed by atoms with Gasteiger partial charge in [-0.1, -0.05) is 158 Å². The fraction of sp³-hybridized carbons (Fsp3) is 0. The molecule has 0 unspecified atom stereocenters. The minimum atomic E-state index is 0.627. The van der Waals surface area contributed by atoms with Crippen molar-refractivity contribution >= 4 is 49.1 Å². The second kappa shape index (κ2) is 12.5. The van der Waals surface area contributed by atoms with Crippen molar-refractivity contribution in [3.05, 3.63) is 182 Å². The van der Waals surface area contributed by atoms with Crippen molar-refractivity contribution in [2.45, 2.75) is 0 Å². The first-order valence-electron chi connectivity index (χ1n) is 18.3. The van der Waals surface area contributed by atoms with Gasteiger partial charge in [-0.15, -0.1) is 0 Å². The second-order valence-electron chi connectivity index (χ2n) is 13.7. The van der Waals surface area contributed by atoms with E-state index in [1.165, 1.54) is 0 Å². The lowest BCUT2D eigenvalue weighted by Gasteiger charge is -2.12. The largest absolute Gasteiger partial charge is 0.298 e. The SMILES string of the molecule is c1ccc2c(-c3nc(-c4ccc(-c5ccc(-c6nc7ccccc7c7nc8ccccn8c67)cc5)cc4)nc(-c4cccc5ccccc45)n3)cccc2c1. The Morgan fingerprint density at radius 3 is 1.51 bits per heavy atom. The van der Waals surface area contributed by atoms with Gasteiger partial charge in [0.15, 0.2) is 17.5 Å². The summed E-state index contributed by atoms with van der Waals surface area (Å²) < 4.78 is 2.13. The van der Waals surface area contributed by atoms with Crippen molar-refractivity contribution in [3.63, 3.8) is 0 Å². The average Bonchev–Trinajstić information content (AvgIpc) is 3.66. The number of para-hydroxylation sites is 1. The molecule has 6 heteroatoms. The van der Waals surface area contributed by atoms with Gasteiger partial charge in [-0.25, -0.2) is 24.9 Å². The number of fused-ring (bicyclic) bond motifs is 7. The Balaban J connectivity index is 0.995. The van der Waals surface area contributed by atoms with Crippen LogP contribution in [0.1, 0.15) is 0 Å². The zero-order valence-corrected chi connectivity index (χ0v) is 29.5. The van der Waals surface area contributed by atoms with Crippen LogP contribution in [0, 0.1) is 0 Å². The third kappa shape index (κ3) is 5.23. The van der Waals surface area contributed by atoms with Crippen molar-refractivity contribution in [2.24, 2.45) is 0 Å². The number of pyridine rings is 2. The molecule has 0 radical (unpaired) electrons. The van der Waals surface area contributed by atoms with Crippen LogP contribution in [0.2, 0.25) is 0 Å². The summed E-state index contributed by atoms with van der Waals surface area (Å²) >= 11 is 0. The van der Waals surface area contributed by atoms with E-state index in [0.29, 0.717) is 17.5 Å². The highest BCUT2D eigenvalue weighted by Crippen LogP contribution is 2.36. The fourth-order valence-corrected chi connectivity index (χ4v) is 7.77. The Hall–Kier alpha value is -7.57. The van der Waals surface area contributed by atoms with Crippen molar-refractivity contribution in [3.8, 4) is 56.5 Å². The van der Waals surface area contributed by atoms with Crippen LogP contribution in [0.5, 0.6) is 0 Å². The van der Waals surface area contributed by atoms with Crippen LogP contribution in [0.15, 0.2) is 182 Å². The molecule has 11 rings (SSSR count). The van der Waals surface area contributed by atoms with Crippen LogP contribution in [-0.2, 0) is 0 Å². The van der Waals surface area contributed by atoms with Crippen molar-refractivity contribution in [1.82, 2.24) is 29.3 Å². The van der Waals surface area contributed by atoms with Gasteiger partial charge in [0.2, 0.25) is 0 Å². The summed E-state index contributed by atoms with van der Waals surface area (Å²) in [5, 5.41) is 5.54. The Kier molecular flexibility index (Phi) is 7.07. The van der Waals surface area contributed by atoms with Gasteiger partial charge in [0.25, 0.3) is 0 Å². The van der Waals surface area contributed by atoms with E-state index in [-0.39, 0.29) is 0 Å². The monoisotopic (exact) mass is 702 g/mol. The van der Waals surface area contributed by atoms with Crippen molar-refractivity contribution < 1.29 is 0 Å². The van der Waals surface area contributed by atoms with Gasteiger partial charge in [0, 0.05) is 33.8 Å². The Labute approximate surface area is 316 Å². The second-order valence-corrected chi connectivity index (χ2v) is 13.7. The zero-order valence-electron chi connectivity index (χ0n) is 29.5. The minimum Gasteiger partial charge on any atom is -0.298 e. The topological polar surface area (TPSA) is 68.9 Å². The van der Waals surface area contributed by atoms with Gasteiger partial charge in [-0.3, -0.25) is 4.40 Å². The Bertz CT molecular complexity index is 3150. The molecule has 11 aromatic rings. The van der Waals surface area contributed by atoms with Crippen LogP contribution in [-0.4, -0.2) is 29.3 Å². The standard InChI is InChI=1S/C49H30N6/c1-3-15-37-33(11-1)13-9-18-39(37)48-52-47(53-49(54-48)40-19-10-14-34-12-2-4-16-38(34)40)36-28-24-32(25-29-36)31-22-26-35(27-23-31)44-46-45(41-17-5-6-20-42(41)50-44)51-43-21-7-8-30-55(43)46/h1-30H. The zero-order chi connectivity index (χ0) is 36.3. The molecule has 0 aliphatic rings. The van der Waals surface area contributed by atoms with Crippen LogP contribution in [0.25, 0.3) is 106 Å². The first-order valence-corrected chi connectivity index (χ1v) is 18.3. The minimum absolute atomic E-state index is 0.627. The molecule has 55 heavy (non-hydrogen) atoms. The lowest BCUT2D eigenvalue weighted by atomic mass is 10.00. The van der Waals surface area contributed by atoms with E-state index in [9.17, 15) is 0 Å². The molecule has 0 saturated heterocycles. The van der Waals surface area contributed by atoms with E-state index in [2.05, 4.69) is 156 Å². The summed E-state index contributed by atoms with van der Waals surface area (Å²) in [4.78, 5) is 25.5. The Morgan fingerprint density at radius 1 is 0.345 bits per heavy atom. The fourth-order valence-electron chi connectivity index (χ4n) is 7.77. The van der Waals surface area contributed by atoms with Gasteiger partial charge >= 0.3 is 0 Å². The summed E-state index contributed by atoms with van der Waals surface area (Å²) in [6.45, 7) is 0. The van der Waals surface area contributed by atoms with Crippen LogP contribution in [0.3, 0.4) is 0 Å². The maximum absolute atomic E-state index is 5.15. The molecule has 6 nitrogen and oxygen atoms in total. The predicted octanol–water partition coefficient (Wildman–Crippen LogP) is 11.9. The predicted molar refractivity (Wildman–Crippen MR) is 224 cm³/mol. The number of rotatable bonds is 5. The highest BCUT2D eigenvalue weighted by Gasteiger charge is 2.18. The van der Waals surface area contributed by atoms with E-state index >= 15 is 0 Å². The van der Waals surface area contributed by atoms with E-state index in [1.807, 2.05) is 30.3 Å². The summed E-state index contributed by atoms with van der Waals surface area (Å²) in [6.07, 6.45) is 2.06. The first-order chi connectivity index (χ1) is 27.2. The number of hydrogen-bond donors (Lipinski definition) is 0. The number of aromatic nitrogens is 6. The number of imidazole rings is 1. The van der Waals surface area contributed by atoms with E-state index in [0.717, 1.165) is 88.2 Å². The molecule has 0 bridgehead atoms. The maximum Gasteiger partial charge on any atom is 0.164 e. The van der Waals surface area contributed by atoms with Gasteiger partial charge in [-0.2, -0.15) is 0 Å². The molecule has 0 fully saturated rings. The van der Waals surface area contributed by atoms with E-state index in [4.69, 9.17) is 24.9 Å². The lowest BCUT2D eigenvalue weighted by Crippen LogP contribution is -2.01. The number of hydrogen-bond acceptors (Lipinski definition) is 5. The summed E-state index contributed by atoms with van der Waals surface area (Å²) in [6, 6.07) is 60.7. The Morgan fingerprint density at radius 2 is 0.855 bits per heavy atom. The van der Waals surface area contributed by atoms with Gasteiger partial charge in [-0.05, 0) is 50.9 Å². The highest BCUT2D eigenvalue weighted by molar-refractivity contribution is 6.09. The smallest absolute Gasteiger partial charge is 0.164 e. The van der Waals surface area contributed by atoms with E-state index in [1.54, 1.807) is 0 Å². The number of benzene rings is 7. The quantitative estimate of drug-likeness (QED) is 0.179. The molecule has 0 N–H and O–H groups in total. The normalized spacial score (nSPS) is 11.6. The molecule has 256 valence electrons.